The Morgan fingerprint density at radius 2 is 2.60 bits per heavy atom. The first-order chi connectivity index (χ1) is 4.83. The third-order valence-corrected chi connectivity index (χ3v) is 1.96. The van der Waals surface area contributed by atoms with Crippen LogP contribution in [-0.4, -0.2) is 11.6 Å². The fraction of sp³-hybridized carbons (Fsp3) is 0.500. The molecule has 0 aliphatic carbocycles. The molecule has 1 rings (SSSR count). The number of aryl methyl sites for hydroxylation is 1. The summed E-state index contributed by atoms with van der Waals surface area (Å²) >= 11 is 1.65. The van der Waals surface area contributed by atoms with Crippen LogP contribution in [0.25, 0.3) is 0 Å². The van der Waals surface area contributed by atoms with Gasteiger partial charge in [0.1, 0.15) is 0 Å². The van der Waals surface area contributed by atoms with Crippen molar-refractivity contribution in [3.8, 4) is 0 Å². The van der Waals surface area contributed by atoms with E-state index in [1.165, 1.54) is 0 Å². The van der Waals surface area contributed by atoms with E-state index < -0.39 is 0 Å². The first kappa shape index (κ1) is 7.65. The fourth-order valence-corrected chi connectivity index (χ4v) is 1.33. The molecule has 56 valence electrons. The van der Waals surface area contributed by atoms with Crippen LogP contribution in [0, 0.1) is 6.92 Å². The standard InChI is InChI=1S/C6H10N2OS/c1-5-8-6(4-10-5)2-3-9-7/h4H,2-3,7H2,1H3. The van der Waals surface area contributed by atoms with Crippen molar-refractivity contribution in [2.75, 3.05) is 6.61 Å². The SMILES string of the molecule is Cc1nc(CCON)cs1. The van der Waals surface area contributed by atoms with Gasteiger partial charge in [-0.2, -0.15) is 0 Å². The van der Waals surface area contributed by atoms with Crippen LogP contribution in [0.5, 0.6) is 0 Å². The average Bonchev–Trinajstić information content (AvgIpc) is 2.31. The molecule has 1 heterocycles. The zero-order valence-corrected chi connectivity index (χ0v) is 6.65. The molecule has 0 saturated heterocycles. The number of thiazole rings is 1. The smallest absolute Gasteiger partial charge is 0.0897 e. The molecule has 0 aliphatic rings. The molecule has 0 fully saturated rings. The molecule has 0 atom stereocenters. The maximum Gasteiger partial charge on any atom is 0.0897 e. The summed E-state index contributed by atoms with van der Waals surface area (Å²) < 4.78 is 0. The van der Waals surface area contributed by atoms with E-state index in [0.29, 0.717) is 6.61 Å². The highest BCUT2D eigenvalue weighted by atomic mass is 32.1. The minimum Gasteiger partial charge on any atom is -0.304 e. The van der Waals surface area contributed by atoms with E-state index in [0.717, 1.165) is 17.1 Å². The number of nitrogens with zero attached hydrogens (tertiary/aromatic N) is 1. The third-order valence-electron chi connectivity index (χ3n) is 1.14. The maximum absolute atomic E-state index is 4.86. The van der Waals surface area contributed by atoms with Gasteiger partial charge in [0.2, 0.25) is 0 Å². The zero-order valence-electron chi connectivity index (χ0n) is 5.83. The monoisotopic (exact) mass is 158 g/mol. The summed E-state index contributed by atoms with van der Waals surface area (Å²) in [7, 11) is 0. The molecule has 2 N–H and O–H groups in total. The third kappa shape index (κ3) is 2.06. The Morgan fingerprint density at radius 1 is 1.80 bits per heavy atom. The maximum atomic E-state index is 4.86. The fourth-order valence-electron chi connectivity index (χ4n) is 0.687. The minimum absolute atomic E-state index is 0.545. The lowest BCUT2D eigenvalue weighted by molar-refractivity contribution is 0.140. The number of hydrogen-bond donors (Lipinski definition) is 1. The van der Waals surface area contributed by atoms with Crippen LogP contribution in [0.4, 0.5) is 0 Å². The molecule has 0 aliphatic heterocycles. The summed E-state index contributed by atoms with van der Waals surface area (Å²) in [5, 5.41) is 3.11. The van der Waals surface area contributed by atoms with Gasteiger partial charge in [-0.1, -0.05) is 0 Å². The summed E-state index contributed by atoms with van der Waals surface area (Å²) in [6, 6.07) is 0. The largest absolute Gasteiger partial charge is 0.304 e. The predicted molar refractivity (Wildman–Crippen MR) is 40.7 cm³/mol. The zero-order chi connectivity index (χ0) is 7.40. The van der Waals surface area contributed by atoms with Gasteiger partial charge in [0.05, 0.1) is 17.3 Å². The van der Waals surface area contributed by atoms with Crippen molar-refractivity contribution in [3.05, 3.63) is 16.1 Å². The molecule has 1 aromatic heterocycles. The summed E-state index contributed by atoms with van der Waals surface area (Å²) in [4.78, 5) is 8.65. The molecule has 0 unspecified atom stereocenters. The Labute approximate surface area is 63.8 Å². The van der Waals surface area contributed by atoms with Gasteiger partial charge in [-0.15, -0.1) is 11.3 Å². The minimum atomic E-state index is 0.545. The molecular weight excluding hydrogens is 148 g/mol. The highest BCUT2D eigenvalue weighted by Crippen LogP contribution is 2.07. The Kier molecular flexibility index (Phi) is 2.80. The molecule has 0 radical (unpaired) electrons. The van der Waals surface area contributed by atoms with Gasteiger partial charge in [0.25, 0.3) is 0 Å². The van der Waals surface area contributed by atoms with Crippen LogP contribution < -0.4 is 5.90 Å². The van der Waals surface area contributed by atoms with Crippen molar-refractivity contribution in [2.24, 2.45) is 5.90 Å². The van der Waals surface area contributed by atoms with Gasteiger partial charge in [-0.25, -0.2) is 10.9 Å². The molecule has 0 amide bonds. The van der Waals surface area contributed by atoms with Gasteiger partial charge in [0.15, 0.2) is 0 Å². The van der Waals surface area contributed by atoms with Gasteiger partial charge in [0, 0.05) is 11.8 Å². The molecule has 10 heavy (non-hydrogen) atoms. The van der Waals surface area contributed by atoms with Crippen LogP contribution in [0.1, 0.15) is 10.7 Å². The van der Waals surface area contributed by atoms with Crippen LogP contribution in [0.15, 0.2) is 5.38 Å². The van der Waals surface area contributed by atoms with Crippen molar-refractivity contribution in [1.82, 2.24) is 4.98 Å². The molecule has 0 bridgehead atoms. The highest BCUT2D eigenvalue weighted by Gasteiger charge is 1.96. The number of rotatable bonds is 3. The van der Waals surface area contributed by atoms with Crippen LogP contribution in [0.3, 0.4) is 0 Å². The van der Waals surface area contributed by atoms with E-state index in [-0.39, 0.29) is 0 Å². The van der Waals surface area contributed by atoms with Crippen molar-refractivity contribution in [3.63, 3.8) is 0 Å². The Hall–Kier alpha value is -0.450. The molecule has 4 heteroatoms. The average molecular weight is 158 g/mol. The van der Waals surface area contributed by atoms with E-state index in [9.17, 15) is 0 Å². The first-order valence-electron chi connectivity index (χ1n) is 3.05. The van der Waals surface area contributed by atoms with Crippen LogP contribution in [0.2, 0.25) is 0 Å². The van der Waals surface area contributed by atoms with Crippen molar-refractivity contribution in [1.29, 1.82) is 0 Å². The molecule has 0 aromatic carbocycles. The van der Waals surface area contributed by atoms with E-state index in [1.807, 2.05) is 12.3 Å². The van der Waals surface area contributed by atoms with Crippen LogP contribution in [-0.2, 0) is 11.3 Å². The molecule has 0 spiro atoms. The number of aromatic nitrogens is 1. The van der Waals surface area contributed by atoms with Crippen molar-refractivity contribution >= 4 is 11.3 Å². The van der Waals surface area contributed by atoms with Gasteiger partial charge < -0.3 is 4.84 Å². The summed E-state index contributed by atoms with van der Waals surface area (Å²) in [5.41, 5.74) is 1.06. The van der Waals surface area contributed by atoms with Gasteiger partial charge >= 0.3 is 0 Å². The predicted octanol–water partition coefficient (Wildman–Crippen LogP) is 0.884. The first-order valence-corrected chi connectivity index (χ1v) is 3.93. The van der Waals surface area contributed by atoms with Gasteiger partial charge in [-0.3, -0.25) is 0 Å². The van der Waals surface area contributed by atoms with E-state index in [4.69, 9.17) is 5.90 Å². The van der Waals surface area contributed by atoms with Gasteiger partial charge in [-0.05, 0) is 6.92 Å². The van der Waals surface area contributed by atoms with Crippen molar-refractivity contribution < 1.29 is 4.84 Å². The van der Waals surface area contributed by atoms with E-state index >= 15 is 0 Å². The quantitative estimate of drug-likeness (QED) is 0.664. The lowest BCUT2D eigenvalue weighted by Crippen LogP contribution is -2.03. The van der Waals surface area contributed by atoms with E-state index in [2.05, 4.69) is 9.82 Å². The summed E-state index contributed by atoms with van der Waals surface area (Å²) in [6.45, 7) is 2.53. The van der Waals surface area contributed by atoms with E-state index in [1.54, 1.807) is 11.3 Å². The number of nitrogens with two attached hydrogens (primary N) is 1. The molecule has 0 saturated carbocycles. The number of hydrogen-bond acceptors (Lipinski definition) is 4. The van der Waals surface area contributed by atoms with Crippen molar-refractivity contribution in [2.45, 2.75) is 13.3 Å². The summed E-state index contributed by atoms with van der Waals surface area (Å²) in [6.07, 6.45) is 0.806. The molecule has 3 nitrogen and oxygen atoms in total. The molecular formula is C6H10N2OS. The highest BCUT2D eigenvalue weighted by molar-refractivity contribution is 7.09. The Morgan fingerprint density at radius 3 is 3.10 bits per heavy atom. The van der Waals surface area contributed by atoms with Crippen LogP contribution >= 0.6 is 11.3 Å². The lowest BCUT2D eigenvalue weighted by atomic mass is 10.4. The second kappa shape index (κ2) is 3.65. The Bertz CT molecular complexity index is 199. The normalized spacial score (nSPS) is 10.2. The Balaban J connectivity index is 2.42. The second-order valence-corrected chi connectivity index (χ2v) is 3.04. The summed E-state index contributed by atoms with van der Waals surface area (Å²) in [5.74, 6) is 4.86. The topological polar surface area (TPSA) is 48.1 Å². The molecule has 1 aromatic rings. The second-order valence-electron chi connectivity index (χ2n) is 1.98. The lowest BCUT2D eigenvalue weighted by Gasteiger charge is -1.91.